The minimum absolute atomic E-state index is 0.125. The molecule has 0 heterocycles. The molecule has 0 aliphatic carbocycles. The van der Waals surface area contributed by atoms with Gasteiger partial charge in [0, 0.05) is 0 Å². The first-order valence-electron chi connectivity index (χ1n) is 7.95. The number of hydrogen-bond donors (Lipinski definition) is 7. The molecule has 5 unspecified atom stereocenters. The normalized spacial score (nSPS) is 21.6. The van der Waals surface area contributed by atoms with Crippen LogP contribution in [0.1, 0.15) is 20.3 Å². The summed E-state index contributed by atoms with van der Waals surface area (Å²) in [7, 11) is 0. The predicted molar refractivity (Wildman–Crippen MR) is 84.4 cm³/mol. The molecular formula is C14H29NO10. The van der Waals surface area contributed by atoms with Crippen molar-refractivity contribution in [3.63, 3.8) is 0 Å². The molecule has 0 aromatic rings. The summed E-state index contributed by atoms with van der Waals surface area (Å²) in [5, 5.41) is 69.4. The zero-order valence-electron chi connectivity index (χ0n) is 14.2. The Morgan fingerprint density at radius 3 is 1.88 bits per heavy atom. The van der Waals surface area contributed by atoms with E-state index in [4.69, 9.17) is 19.7 Å². The smallest absolute Gasteiger partial charge is 0.184 e. The van der Waals surface area contributed by atoms with Gasteiger partial charge in [0.15, 0.2) is 6.29 Å². The number of hydrogen-bond acceptors (Lipinski definition) is 11. The average Bonchev–Trinajstić information content (AvgIpc) is 2.62. The molecule has 0 aromatic heterocycles. The molecule has 0 spiro atoms. The number of nitrogens with zero attached hydrogens (tertiary/aromatic N) is 1. The number of aliphatic hydroxyl groups is 7. The quantitative estimate of drug-likeness (QED) is 0.123. The van der Waals surface area contributed by atoms with Crippen molar-refractivity contribution in [1.82, 2.24) is 0 Å². The molecule has 8 atom stereocenters. The lowest BCUT2D eigenvalue weighted by Crippen LogP contribution is -2.52. The fourth-order valence-corrected chi connectivity index (χ4v) is 2.02. The zero-order chi connectivity index (χ0) is 19.6. The van der Waals surface area contributed by atoms with Gasteiger partial charge in [0.1, 0.15) is 36.6 Å². The van der Waals surface area contributed by atoms with Gasteiger partial charge in [-0.05, 0) is 13.3 Å². The molecule has 150 valence electrons. The van der Waals surface area contributed by atoms with Crippen LogP contribution in [-0.2, 0) is 9.47 Å². The Labute approximate surface area is 145 Å². The summed E-state index contributed by atoms with van der Waals surface area (Å²) >= 11 is 0. The van der Waals surface area contributed by atoms with Crippen molar-refractivity contribution in [3.05, 3.63) is 4.91 Å². The summed E-state index contributed by atoms with van der Waals surface area (Å²) in [6.07, 6.45) is -10.1. The lowest BCUT2D eigenvalue weighted by atomic mass is 10.0. The highest BCUT2D eigenvalue weighted by atomic mass is 16.7. The summed E-state index contributed by atoms with van der Waals surface area (Å²) in [5.74, 6) is 0. The van der Waals surface area contributed by atoms with E-state index in [0.29, 0.717) is 0 Å². The lowest BCUT2D eigenvalue weighted by Gasteiger charge is -2.35. The lowest BCUT2D eigenvalue weighted by molar-refractivity contribution is -0.273. The number of ether oxygens (including phenoxy) is 2. The summed E-state index contributed by atoms with van der Waals surface area (Å²) < 4.78 is 10.5. The molecule has 0 amide bonds. The van der Waals surface area contributed by atoms with Crippen LogP contribution < -0.4 is 0 Å². The summed E-state index contributed by atoms with van der Waals surface area (Å²) in [5.41, 5.74) is 0. The standard InChI is InChI=1S/C14H29NO10/c1-3-9(20)12(22)13(10(21)5-17)25-14(7(2)19)24-11(6-18)8(4-16)15-23/h7-14,16-22H,3-6H2,1-2H3/t7-,8-,9?,10?,11?,12?,13?,14-/m0/s1. The number of aliphatic hydroxyl groups excluding tert-OH is 7. The van der Waals surface area contributed by atoms with Gasteiger partial charge in [0.05, 0.1) is 25.9 Å². The van der Waals surface area contributed by atoms with Crippen LogP contribution in [0.15, 0.2) is 5.18 Å². The van der Waals surface area contributed by atoms with Gasteiger partial charge in [-0.1, -0.05) is 12.1 Å². The predicted octanol–water partition coefficient (Wildman–Crippen LogP) is -2.93. The third-order valence-electron chi connectivity index (χ3n) is 3.64. The van der Waals surface area contributed by atoms with Gasteiger partial charge < -0.3 is 45.2 Å². The first-order valence-corrected chi connectivity index (χ1v) is 7.95. The molecule has 11 nitrogen and oxygen atoms in total. The third-order valence-corrected chi connectivity index (χ3v) is 3.64. The second-order valence-electron chi connectivity index (χ2n) is 5.64. The fraction of sp³-hybridized carbons (Fsp3) is 1.00. The van der Waals surface area contributed by atoms with E-state index in [1.165, 1.54) is 6.92 Å². The van der Waals surface area contributed by atoms with Crippen LogP contribution >= 0.6 is 0 Å². The first-order chi connectivity index (χ1) is 11.8. The Morgan fingerprint density at radius 2 is 1.52 bits per heavy atom. The zero-order valence-corrected chi connectivity index (χ0v) is 14.2. The van der Waals surface area contributed by atoms with Gasteiger partial charge in [0.2, 0.25) is 0 Å². The van der Waals surface area contributed by atoms with Crippen molar-refractivity contribution in [2.24, 2.45) is 5.18 Å². The van der Waals surface area contributed by atoms with E-state index in [2.05, 4.69) is 5.18 Å². The Hall–Kier alpha value is -0.760. The van der Waals surface area contributed by atoms with Crippen LogP contribution in [0.3, 0.4) is 0 Å². The molecule has 0 bridgehead atoms. The highest BCUT2D eigenvalue weighted by Gasteiger charge is 2.37. The van der Waals surface area contributed by atoms with Crippen molar-refractivity contribution >= 4 is 0 Å². The largest absolute Gasteiger partial charge is 0.394 e. The molecule has 0 rings (SSSR count). The number of rotatable bonds is 14. The van der Waals surface area contributed by atoms with Crippen molar-refractivity contribution in [1.29, 1.82) is 0 Å². The van der Waals surface area contributed by atoms with E-state index >= 15 is 0 Å². The molecule has 0 fully saturated rings. The molecule has 0 saturated heterocycles. The topological polar surface area (TPSA) is 189 Å². The van der Waals surface area contributed by atoms with Crippen molar-refractivity contribution in [3.8, 4) is 0 Å². The van der Waals surface area contributed by atoms with Crippen LogP contribution in [-0.4, -0.2) is 105 Å². The third kappa shape index (κ3) is 7.56. The fourth-order valence-electron chi connectivity index (χ4n) is 2.02. The summed E-state index contributed by atoms with van der Waals surface area (Å²) in [6.45, 7) is 0.566. The molecule has 0 saturated carbocycles. The summed E-state index contributed by atoms with van der Waals surface area (Å²) in [6, 6.07) is -1.33. The Bertz CT molecular complexity index is 359. The highest BCUT2D eigenvalue weighted by molar-refractivity contribution is 4.83. The van der Waals surface area contributed by atoms with E-state index in [1.807, 2.05) is 0 Å². The van der Waals surface area contributed by atoms with Crippen molar-refractivity contribution in [2.75, 3.05) is 19.8 Å². The van der Waals surface area contributed by atoms with E-state index in [0.717, 1.165) is 0 Å². The van der Waals surface area contributed by atoms with Gasteiger partial charge in [0.25, 0.3) is 0 Å². The van der Waals surface area contributed by atoms with Crippen LogP contribution in [0.25, 0.3) is 0 Å². The molecule has 7 N–H and O–H groups in total. The second kappa shape index (κ2) is 12.6. The maximum atomic E-state index is 10.7. The highest BCUT2D eigenvalue weighted by Crippen LogP contribution is 2.18. The maximum Gasteiger partial charge on any atom is 0.184 e. The molecule has 0 radical (unpaired) electrons. The minimum atomic E-state index is -1.61. The monoisotopic (exact) mass is 371 g/mol. The van der Waals surface area contributed by atoms with Crippen molar-refractivity contribution in [2.45, 2.75) is 69.2 Å². The Kier molecular flexibility index (Phi) is 12.2. The Balaban J connectivity index is 5.29. The van der Waals surface area contributed by atoms with Gasteiger partial charge in [-0.25, -0.2) is 0 Å². The summed E-state index contributed by atoms with van der Waals surface area (Å²) in [4.78, 5) is 10.7. The van der Waals surface area contributed by atoms with E-state index in [1.54, 1.807) is 6.92 Å². The maximum absolute atomic E-state index is 10.7. The molecule has 11 heteroatoms. The van der Waals surface area contributed by atoms with Crippen molar-refractivity contribution < 1.29 is 45.2 Å². The van der Waals surface area contributed by atoms with Crippen LogP contribution in [0.5, 0.6) is 0 Å². The van der Waals surface area contributed by atoms with Gasteiger partial charge in [-0.15, -0.1) is 0 Å². The van der Waals surface area contributed by atoms with E-state index in [-0.39, 0.29) is 6.42 Å². The average molecular weight is 371 g/mol. The van der Waals surface area contributed by atoms with Crippen LogP contribution in [0, 0.1) is 4.91 Å². The first kappa shape index (κ1) is 24.2. The van der Waals surface area contributed by atoms with Gasteiger partial charge in [-0.3, -0.25) is 0 Å². The van der Waals surface area contributed by atoms with Crippen LogP contribution in [0.4, 0.5) is 0 Å². The molecule has 0 aromatic carbocycles. The van der Waals surface area contributed by atoms with E-state index < -0.39 is 68.8 Å². The molecule has 25 heavy (non-hydrogen) atoms. The number of nitroso groups, excluding NO2 is 1. The second-order valence-corrected chi connectivity index (χ2v) is 5.64. The molecule has 0 aliphatic heterocycles. The SMILES string of the molecule is CCC(O)C(O)C(O[C@H](OC(CO)[C@H](CO)N=O)[C@H](C)O)C(O)CO. The Morgan fingerprint density at radius 1 is 0.920 bits per heavy atom. The van der Waals surface area contributed by atoms with Gasteiger partial charge in [-0.2, -0.15) is 4.91 Å². The van der Waals surface area contributed by atoms with Crippen LogP contribution in [0.2, 0.25) is 0 Å². The molecule has 0 aliphatic rings. The van der Waals surface area contributed by atoms with E-state index in [9.17, 15) is 30.4 Å². The molecular weight excluding hydrogens is 342 g/mol. The minimum Gasteiger partial charge on any atom is -0.394 e. The van der Waals surface area contributed by atoms with Gasteiger partial charge >= 0.3 is 0 Å².